The van der Waals surface area contributed by atoms with Gasteiger partial charge in [-0.05, 0) is 0 Å². The van der Waals surface area contributed by atoms with Crippen molar-refractivity contribution < 1.29 is 14.6 Å². The van der Waals surface area contributed by atoms with Crippen LogP contribution in [0.2, 0.25) is 0 Å². The van der Waals surface area contributed by atoms with Crippen molar-refractivity contribution in [2.24, 2.45) is 0 Å². The second-order valence-corrected chi connectivity index (χ2v) is 2.34. The Labute approximate surface area is 52.5 Å². The van der Waals surface area contributed by atoms with E-state index in [4.69, 9.17) is 10.2 Å². The number of aliphatic hydroxyl groups is 2. The van der Waals surface area contributed by atoms with Crippen LogP contribution in [-0.4, -0.2) is 41.7 Å². The summed E-state index contributed by atoms with van der Waals surface area (Å²) >= 11 is 0. The van der Waals surface area contributed by atoms with Crippen LogP contribution in [0.3, 0.4) is 0 Å². The first-order valence-electron chi connectivity index (χ1n) is 2.87. The lowest BCUT2D eigenvalue weighted by Gasteiger charge is -2.18. The second-order valence-electron chi connectivity index (χ2n) is 2.34. The van der Waals surface area contributed by atoms with Crippen molar-refractivity contribution >= 4 is 0 Å². The first-order valence-corrected chi connectivity index (χ1v) is 2.87. The predicted octanol–water partition coefficient (Wildman–Crippen LogP) is -1.35. The normalized spacial score (nSPS) is 43.7. The molecule has 0 aliphatic carbocycles. The first kappa shape index (κ1) is 6.92. The summed E-state index contributed by atoms with van der Waals surface area (Å²) in [6.45, 7) is -0.330. The molecule has 3 N–H and O–H groups in total. The molecule has 0 bridgehead atoms. The Bertz CT molecular complexity index is 111. The molecule has 0 aromatic heterocycles. The van der Waals surface area contributed by atoms with Crippen molar-refractivity contribution in [2.45, 2.75) is 11.8 Å². The van der Waals surface area contributed by atoms with Gasteiger partial charge in [0.2, 0.25) is 0 Å². The number of nitrogens with one attached hydrogen (secondary N) is 1. The Balaban J connectivity index is 2.56. The zero-order valence-electron chi connectivity index (χ0n) is 4.97. The third-order valence-corrected chi connectivity index (χ3v) is 1.62. The molecule has 1 aliphatic rings. The third-order valence-electron chi connectivity index (χ3n) is 1.62. The molecule has 0 saturated carbocycles. The van der Waals surface area contributed by atoms with Crippen LogP contribution >= 0.6 is 0 Å². The molecule has 0 spiro atoms. The SMILES string of the molecule is OC[C@@]1(F)CNC[C@@H]1O. The molecule has 1 fully saturated rings. The topological polar surface area (TPSA) is 52.5 Å². The van der Waals surface area contributed by atoms with E-state index >= 15 is 0 Å². The standard InChI is InChI=1S/C5H10FNO2/c6-5(3-8)2-7-1-4(5)9/h4,7-9H,1-3H2/t4-,5-/m0/s1. The van der Waals surface area contributed by atoms with E-state index in [-0.39, 0.29) is 13.1 Å². The van der Waals surface area contributed by atoms with E-state index in [1.54, 1.807) is 0 Å². The largest absolute Gasteiger partial charge is 0.393 e. The number of β-amino-alcohol motifs (C(OH)–C–C–N with tert-alkyl or cyclic N) is 1. The molecule has 0 radical (unpaired) electrons. The highest BCUT2D eigenvalue weighted by Gasteiger charge is 2.41. The highest BCUT2D eigenvalue weighted by atomic mass is 19.1. The second kappa shape index (κ2) is 2.21. The van der Waals surface area contributed by atoms with Crippen molar-refractivity contribution in [1.82, 2.24) is 5.32 Å². The fourth-order valence-electron chi connectivity index (χ4n) is 0.879. The van der Waals surface area contributed by atoms with Gasteiger partial charge in [-0.1, -0.05) is 0 Å². The maximum atomic E-state index is 12.9. The molecule has 1 aliphatic heterocycles. The Kier molecular flexibility index (Phi) is 1.70. The summed E-state index contributed by atoms with van der Waals surface area (Å²) in [5.74, 6) is 0. The van der Waals surface area contributed by atoms with Crippen LogP contribution in [0.4, 0.5) is 4.39 Å². The van der Waals surface area contributed by atoms with E-state index in [1.165, 1.54) is 0 Å². The molecular weight excluding hydrogens is 125 g/mol. The number of halogens is 1. The number of hydrogen-bond acceptors (Lipinski definition) is 3. The van der Waals surface area contributed by atoms with Crippen LogP contribution in [0.15, 0.2) is 0 Å². The van der Waals surface area contributed by atoms with E-state index in [0.29, 0.717) is 0 Å². The quantitative estimate of drug-likeness (QED) is 0.416. The molecule has 9 heavy (non-hydrogen) atoms. The third kappa shape index (κ3) is 1.05. The van der Waals surface area contributed by atoms with Gasteiger partial charge in [0.05, 0.1) is 6.61 Å². The van der Waals surface area contributed by atoms with E-state index in [2.05, 4.69) is 5.32 Å². The van der Waals surface area contributed by atoms with E-state index in [1.807, 2.05) is 0 Å². The lowest BCUT2D eigenvalue weighted by molar-refractivity contribution is -0.0102. The maximum Gasteiger partial charge on any atom is 0.173 e. The summed E-state index contributed by atoms with van der Waals surface area (Å²) in [6.07, 6.45) is -1.05. The first-order chi connectivity index (χ1) is 4.19. The lowest BCUT2D eigenvalue weighted by atomic mass is 10.1. The zero-order valence-corrected chi connectivity index (χ0v) is 4.97. The lowest BCUT2D eigenvalue weighted by Crippen LogP contribution is -2.40. The van der Waals surface area contributed by atoms with Crippen LogP contribution in [-0.2, 0) is 0 Å². The van der Waals surface area contributed by atoms with Gasteiger partial charge in [0.25, 0.3) is 0 Å². The molecule has 2 atom stereocenters. The van der Waals surface area contributed by atoms with Crippen LogP contribution in [0.5, 0.6) is 0 Å². The van der Waals surface area contributed by atoms with Gasteiger partial charge in [-0.25, -0.2) is 4.39 Å². The van der Waals surface area contributed by atoms with Crippen molar-refractivity contribution in [3.05, 3.63) is 0 Å². The Morgan fingerprint density at radius 1 is 1.78 bits per heavy atom. The molecule has 0 amide bonds. The number of aliphatic hydroxyl groups excluding tert-OH is 2. The Hall–Kier alpha value is -0.190. The molecule has 0 aromatic rings. The molecular formula is C5H10FNO2. The molecule has 3 nitrogen and oxygen atoms in total. The molecule has 54 valence electrons. The van der Waals surface area contributed by atoms with Crippen LogP contribution in [0.25, 0.3) is 0 Å². The summed E-state index contributed by atoms with van der Waals surface area (Å²) in [7, 11) is 0. The maximum absolute atomic E-state index is 12.9. The zero-order chi connectivity index (χ0) is 6.91. The Morgan fingerprint density at radius 3 is 2.67 bits per heavy atom. The number of hydrogen-bond donors (Lipinski definition) is 3. The van der Waals surface area contributed by atoms with Gasteiger partial charge < -0.3 is 15.5 Å². The minimum absolute atomic E-state index is 0.0463. The highest BCUT2D eigenvalue weighted by molar-refractivity contribution is 4.95. The molecule has 1 heterocycles. The predicted molar refractivity (Wildman–Crippen MR) is 29.8 cm³/mol. The van der Waals surface area contributed by atoms with E-state index in [9.17, 15) is 4.39 Å². The van der Waals surface area contributed by atoms with E-state index in [0.717, 1.165) is 0 Å². The van der Waals surface area contributed by atoms with Crippen molar-refractivity contribution in [3.63, 3.8) is 0 Å². The average Bonchev–Trinajstić information content (AvgIpc) is 2.15. The summed E-state index contributed by atoms with van der Waals surface area (Å²) in [4.78, 5) is 0. The summed E-state index contributed by atoms with van der Waals surface area (Å²) in [5.41, 5.74) is -1.81. The van der Waals surface area contributed by atoms with Crippen LogP contribution in [0, 0.1) is 0 Å². The fraction of sp³-hybridized carbons (Fsp3) is 1.00. The fourth-order valence-corrected chi connectivity index (χ4v) is 0.879. The van der Waals surface area contributed by atoms with Gasteiger partial charge in [-0.15, -0.1) is 0 Å². The monoisotopic (exact) mass is 135 g/mol. The highest BCUT2D eigenvalue weighted by Crippen LogP contribution is 2.18. The average molecular weight is 135 g/mol. The van der Waals surface area contributed by atoms with Gasteiger partial charge in [0.15, 0.2) is 5.67 Å². The summed E-state index contributed by atoms with van der Waals surface area (Å²) < 4.78 is 12.9. The van der Waals surface area contributed by atoms with Crippen molar-refractivity contribution in [1.29, 1.82) is 0 Å². The van der Waals surface area contributed by atoms with Crippen LogP contribution < -0.4 is 5.32 Å². The minimum Gasteiger partial charge on any atom is -0.393 e. The van der Waals surface area contributed by atoms with Crippen LogP contribution in [0.1, 0.15) is 0 Å². The van der Waals surface area contributed by atoms with E-state index < -0.39 is 18.4 Å². The molecule has 4 heteroatoms. The van der Waals surface area contributed by atoms with Gasteiger partial charge >= 0.3 is 0 Å². The number of alkyl halides is 1. The molecule has 0 unspecified atom stereocenters. The molecule has 1 saturated heterocycles. The van der Waals surface area contributed by atoms with Gasteiger partial charge in [-0.2, -0.15) is 0 Å². The smallest absolute Gasteiger partial charge is 0.173 e. The molecule has 0 aromatic carbocycles. The summed E-state index contributed by atoms with van der Waals surface area (Å²) in [5, 5.41) is 19.9. The summed E-state index contributed by atoms with van der Waals surface area (Å²) in [6, 6.07) is 0. The Morgan fingerprint density at radius 2 is 2.44 bits per heavy atom. The number of rotatable bonds is 1. The van der Waals surface area contributed by atoms with Gasteiger partial charge in [0, 0.05) is 13.1 Å². The van der Waals surface area contributed by atoms with Crippen molar-refractivity contribution in [3.8, 4) is 0 Å². The molecule has 1 rings (SSSR count). The van der Waals surface area contributed by atoms with Gasteiger partial charge in [-0.3, -0.25) is 0 Å². The van der Waals surface area contributed by atoms with Crippen molar-refractivity contribution in [2.75, 3.05) is 19.7 Å². The minimum atomic E-state index is -1.81. The van der Waals surface area contributed by atoms with Gasteiger partial charge in [0.1, 0.15) is 6.10 Å².